The van der Waals surface area contributed by atoms with E-state index >= 15 is 0 Å². The van der Waals surface area contributed by atoms with Gasteiger partial charge in [-0.2, -0.15) is 5.10 Å². The van der Waals surface area contributed by atoms with Crippen LogP contribution in [0.3, 0.4) is 0 Å². The lowest BCUT2D eigenvalue weighted by Gasteiger charge is -2.19. The highest BCUT2D eigenvalue weighted by atomic mass is 35.5. The fourth-order valence-electron chi connectivity index (χ4n) is 2.05. The standard InChI is InChI=1S/C15H18F2N4O.ClH/c1-10(14(18)11-5-3-2-4-6-11)15(22)20-12-7-19-21(8-12)9-13(16)17;/h2-8,10,13-14H,9,18H2,1H3,(H,20,22);1H. The van der Waals surface area contributed by atoms with Crippen LogP contribution < -0.4 is 11.1 Å². The van der Waals surface area contributed by atoms with Crippen LogP contribution >= 0.6 is 12.4 Å². The maximum atomic E-state index is 12.2. The highest BCUT2D eigenvalue weighted by Gasteiger charge is 2.22. The summed E-state index contributed by atoms with van der Waals surface area (Å²) in [6, 6.07) is 8.85. The van der Waals surface area contributed by atoms with Gasteiger partial charge in [0, 0.05) is 12.2 Å². The molecular formula is C15H19ClF2N4O. The number of hydrogen-bond acceptors (Lipinski definition) is 3. The number of nitrogens with two attached hydrogens (primary N) is 1. The molecule has 1 aromatic carbocycles. The van der Waals surface area contributed by atoms with E-state index in [0.29, 0.717) is 5.69 Å². The molecule has 0 bridgehead atoms. The Hall–Kier alpha value is -1.99. The molecule has 5 nitrogen and oxygen atoms in total. The number of nitrogens with zero attached hydrogens (tertiary/aromatic N) is 2. The largest absolute Gasteiger partial charge is 0.323 e. The van der Waals surface area contributed by atoms with Crippen LogP contribution in [0.2, 0.25) is 0 Å². The Morgan fingerprint density at radius 3 is 2.61 bits per heavy atom. The lowest BCUT2D eigenvalue weighted by Crippen LogP contribution is -2.30. The summed E-state index contributed by atoms with van der Waals surface area (Å²) >= 11 is 0. The molecule has 2 atom stereocenters. The molecule has 0 aliphatic rings. The molecule has 0 aliphatic heterocycles. The van der Waals surface area contributed by atoms with Crippen LogP contribution in [0.15, 0.2) is 42.7 Å². The van der Waals surface area contributed by atoms with Crippen molar-refractivity contribution < 1.29 is 13.6 Å². The average molecular weight is 345 g/mol. The summed E-state index contributed by atoms with van der Waals surface area (Å²) < 4.78 is 25.6. The number of rotatable bonds is 6. The Labute approximate surface area is 139 Å². The maximum Gasteiger partial charge on any atom is 0.257 e. The lowest BCUT2D eigenvalue weighted by molar-refractivity contribution is -0.120. The molecule has 3 N–H and O–H groups in total. The second-order valence-electron chi connectivity index (χ2n) is 5.06. The summed E-state index contributed by atoms with van der Waals surface area (Å²) in [6.45, 7) is 1.21. The van der Waals surface area contributed by atoms with E-state index in [2.05, 4.69) is 10.4 Å². The number of aromatic nitrogens is 2. The van der Waals surface area contributed by atoms with Gasteiger partial charge < -0.3 is 11.1 Å². The minimum atomic E-state index is -2.49. The zero-order valence-corrected chi connectivity index (χ0v) is 13.3. The van der Waals surface area contributed by atoms with Gasteiger partial charge in [0.05, 0.1) is 17.8 Å². The van der Waals surface area contributed by atoms with Gasteiger partial charge in [0.2, 0.25) is 5.91 Å². The molecule has 2 rings (SSSR count). The zero-order valence-electron chi connectivity index (χ0n) is 12.5. The molecular weight excluding hydrogens is 326 g/mol. The molecule has 0 spiro atoms. The SMILES string of the molecule is CC(C(=O)Nc1cnn(CC(F)F)c1)C(N)c1ccccc1.Cl. The van der Waals surface area contributed by atoms with Crippen LogP contribution in [0, 0.1) is 5.92 Å². The average Bonchev–Trinajstić information content (AvgIpc) is 2.92. The van der Waals surface area contributed by atoms with Crippen LogP contribution in [0.25, 0.3) is 0 Å². The molecule has 0 aliphatic carbocycles. The van der Waals surface area contributed by atoms with Crippen LogP contribution in [0.5, 0.6) is 0 Å². The monoisotopic (exact) mass is 344 g/mol. The molecule has 8 heteroatoms. The third kappa shape index (κ3) is 5.30. The first-order valence-corrected chi connectivity index (χ1v) is 6.89. The first kappa shape index (κ1) is 19.1. The molecule has 0 fully saturated rings. The summed E-state index contributed by atoms with van der Waals surface area (Å²) in [4.78, 5) is 12.2. The minimum absolute atomic E-state index is 0. The van der Waals surface area contributed by atoms with Gasteiger partial charge in [-0.3, -0.25) is 9.48 Å². The zero-order chi connectivity index (χ0) is 16.1. The number of benzene rings is 1. The first-order chi connectivity index (χ1) is 10.5. The maximum absolute atomic E-state index is 12.2. The highest BCUT2D eigenvalue weighted by Crippen LogP contribution is 2.20. The fourth-order valence-corrected chi connectivity index (χ4v) is 2.05. The van der Waals surface area contributed by atoms with Gasteiger partial charge in [-0.1, -0.05) is 37.3 Å². The molecule has 1 amide bonds. The summed E-state index contributed by atoms with van der Waals surface area (Å²) in [7, 11) is 0. The van der Waals surface area contributed by atoms with E-state index in [1.807, 2.05) is 30.3 Å². The van der Waals surface area contributed by atoms with E-state index in [4.69, 9.17) is 5.73 Å². The van der Waals surface area contributed by atoms with E-state index in [-0.39, 0.29) is 18.3 Å². The normalized spacial score (nSPS) is 13.3. The number of carbonyl (C=O) groups is 1. The number of anilines is 1. The van der Waals surface area contributed by atoms with Crippen LogP contribution in [-0.2, 0) is 11.3 Å². The van der Waals surface area contributed by atoms with Gasteiger partial charge in [-0.15, -0.1) is 12.4 Å². The van der Waals surface area contributed by atoms with Crippen molar-refractivity contribution in [3.05, 3.63) is 48.3 Å². The Balaban J connectivity index is 0.00000264. The van der Waals surface area contributed by atoms with Crippen LogP contribution in [-0.4, -0.2) is 22.1 Å². The summed E-state index contributed by atoms with van der Waals surface area (Å²) in [5.74, 6) is -0.756. The van der Waals surface area contributed by atoms with E-state index in [1.165, 1.54) is 12.4 Å². The third-order valence-electron chi connectivity index (χ3n) is 3.36. The topological polar surface area (TPSA) is 72.9 Å². The lowest BCUT2D eigenvalue weighted by atomic mass is 9.95. The fraction of sp³-hybridized carbons (Fsp3) is 0.333. The molecule has 1 aromatic heterocycles. The summed E-state index contributed by atoms with van der Waals surface area (Å²) in [5.41, 5.74) is 7.32. The predicted molar refractivity (Wildman–Crippen MR) is 86.6 cm³/mol. The number of nitrogens with one attached hydrogen (secondary N) is 1. The van der Waals surface area contributed by atoms with Crippen LogP contribution in [0.4, 0.5) is 14.5 Å². The van der Waals surface area contributed by atoms with Crippen molar-refractivity contribution in [3.8, 4) is 0 Å². The predicted octanol–water partition coefficient (Wildman–Crippen LogP) is 2.84. The smallest absolute Gasteiger partial charge is 0.257 e. The summed E-state index contributed by atoms with van der Waals surface area (Å²) in [5, 5.41) is 6.40. The van der Waals surface area contributed by atoms with Crippen LogP contribution in [0.1, 0.15) is 18.5 Å². The number of carbonyl (C=O) groups excluding carboxylic acids is 1. The Morgan fingerprint density at radius 2 is 2.00 bits per heavy atom. The van der Waals surface area contributed by atoms with Crippen molar-refractivity contribution in [3.63, 3.8) is 0 Å². The van der Waals surface area contributed by atoms with Crippen molar-refractivity contribution in [2.24, 2.45) is 11.7 Å². The first-order valence-electron chi connectivity index (χ1n) is 6.89. The Morgan fingerprint density at radius 1 is 1.35 bits per heavy atom. The van der Waals surface area contributed by atoms with Gasteiger partial charge >= 0.3 is 0 Å². The van der Waals surface area contributed by atoms with E-state index in [9.17, 15) is 13.6 Å². The van der Waals surface area contributed by atoms with Gasteiger partial charge in [0.1, 0.15) is 6.54 Å². The molecule has 0 saturated carbocycles. The highest BCUT2D eigenvalue weighted by molar-refractivity contribution is 5.92. The van der Waals surface area contributed by atoms with Crippen molar-refractivity contribution in [2.45, 2.75) is 25.9 Å². The van der Waals surface area contributed by atoms with Crippen molar-refractivity contribution in [1.29, 1.82) is 0 Å². The number of hydrogen-bond donors (Lipinski definition) is 2. The molecule has 2 aromatic rings. The van der Waals surface area contributed by atoms with Gasteiger partial charge in [0.25, 0.3) is 6.43 Å². The number of amides is 1. The molecule has 1 heterocycles. The quantitative estimate of drug-likeness (QED) is 0.846. The molecule has 0 radical (unpaired) electrons. The minimum Gasteiger partial charge on any atom is -0.323 e. The van der Waals surface area contributed by atoms with Crippen molar-refractivity contribution in [1.82, 2.24) is 9.78 Å². The second kappa shape index (κ2) is 8.59. The number of halogens is 3. The van der Waals surface area contributed by atoms with Crippen molar-refractivity contribution in [2.75, 3.05) is 5.32 Å². The van der Waals surface area contributed by atoms with Crippen molar-refractivity contribution >= 4 is 24.0 Å². The molecule has 0 saturated heterocycles. The van der Waals surface area contributed by atoms with Gasteiger partial charge in [-0.05, 0) is 5.56 Å². The van der Waals surface area contributed by atoms with Gasteiger partial charge in [-0.25, -0.2) is 8.78 Å². The molecule has 126 valence electrons. The van der Waals surface area contributed by atoms with E-state index in [0.717, 1.165) is 10.2 Å². The second-order valence-corrected chi connectivity index (χ2v) is 5.06. The Bertz CT molecular complexity index is 621. The molecule has 23 heavy (non-hydrogen) atoms. The van der Waals surface area contributed by atoms with Gasteiger partial charge in [0.15, 0.2) is 0 Å². The summed E-state index contributed by atoms with van der Waals surface area (Å²) in [6.07, 6.45) is 0.208. The third-order valence-corrected chi connectivity index (χ3v) is 3.36. The Kier molecular flexibility index (Phi) is 7.12. The van der Waals surface area contributed by atoms with E-state index in [1.54, 1.807) is 6.92 Å². The molecule has 2 unspecified atom stereocenters. The number of alkyl halides is 2. The van der Waals surface area contributed by atoms with E-state index < -0.39 is 24.9 Å².